The molecule has 80 valence electrons. The maximum Gasteiger partial charge on any atom is 0.347 e. The predicted molar refractivity (Wildman–Crippen MR) is 61.9 cm³/mol. The molecular formula is C9H8INO4. The van der Waals surface area contributed by atoms with Gasteiger partial charge in [0, 0.05) is 11.6 Å². The molecule has 0 aliphatic carbocycles. The molecule has 1 rings (SSSR count). The zero-order valence-electron chi connectivity index (χ0n) is 7.90. The van der Waals surface area contributed by atoms with Gasteiger partial charge in [0.2, 0.25) is 0 Å². The molecule has 0 aliphatic rings. The van der Waals surface area contributed by atoms with Crippen molar-refractivity contribution in [3.8, 4) is 0 Å². The van der Waals surface area contributed by atoms with Gasteiger partial charge in [-0.3, -0.25) is 10.1 Å². The van der Waals surface area contributed by atoms with Gasteiger partial charge in [-0.1, -0.05) is 13.0 Å². The minimum Gasteiger partial charge on any atom is -0.391 e. The van der Waals surface area contributed by atoms with E-state index >= 15 is 0 Å². The van der Waals surface area contributed by atoms with E-state index in [4.69, 9.17) is 0 Å². The molecule has 0 aromatic heterocycles. The highest BCUT2D eigenvalue weighted by Crippen LogP contribution is 2.21. The van der Waals surface area contributed by atoms with Gasteiger partial charge in [-0.05, 0) is 12.5 Å². The summed E-state index contributed by atoms with van der Waals surface area (Å²) in [6, 6.07) is 4.33. The van der Waals surface area contributed by atoms with Crippen molar-refractivity contribution in [2.45, 2.75) is 13.3 Å². The van der Waals surface area contributed by atoms with Crippen molar-refractivity contribution in [2.24, 2.45) is 0 Å². The molecule has 0 N–H and O–H groups in total. The quantitative estimate of drug-likeness (QED) is 0.487. The van der Waals surface area contributed by atoms with Crippen molar-refractivity contribution < 1.29 is 12.8 Å². The summed E-state index contributed by atoms with van der Waals surface area (Å²) in [4.78, 5) is 21.3. The van der Waals surface area contributed by atoms with Crippen LogP contribution in [0.3, 0.4) is 0 Å². The number of nitro groups is 1. The standard InChI is InChI=1S/C9H8INO4/c1-2-6-3-4-7(9(12)15-10)5-8(6)11(13)14/h3-5H,2H2,1H3. The molecule has 0 heterocycles. The summed E-state index contributed by atoms with van der Waals surface area (Å²) in [6.07, 6.45) is 0.551. The summed E-state index contributed by atoms with van der Waals surface area (Å²) in [6.45, 7) is 1.82. The molecule has 0 saturated carbocycles. The van der Waals surface area contributed by atoms with Crippen LogP contribution < -0.4 is 0 Å². The second-order valence-corrected chi connectivity index (χ2v) is 3.26. The summed E-state index contributed by atoms with van der Waals surface area (Å²) in [5.74, 6) is -0.582. The van der Waals surface area contributed by atoms with E-state index in [2.05, 4.69) is 3.07 Å². The molecule has 0 spiro atoms. The maximum atomic E-state index is 11.1. The van der Waals surface area contributed by atoms with Gasteiger partial charge >= 0.3 is 5.97 Å². The number of hydrogen-bond acceptors (Lipinski definition) is 4. The predicted octanol–water partition coefficient (Wildman–Crippen LogP) is 2.66. The van der Waals surface area contributed by atoms with Crippen LogP contribution in [0, 0.1) is 10.1 Å². The molecule has 0 radical (unpaired) electrons. The van der Waals surface area contributed by atoms with Crippen molar-refractivity contribution >= 4 is 34.7 Å². The average molecular weight is 321 g/mol. The van der Waals surface area contributed by atoms with Crippen LogP contribution in [0.4, 0.5) is 5.69 Å². The van der Waals surface area contributed by atoms with E-state index in [1.165, 1.54) is 35.1 Å². The number of aryl methyl sites for hydroxylation is 1. The van der Waals surface area contributed by atoms with Gasteiger partial charge in [0.1, 0.15) is 0 Å². The zero-order chi connectivity index (χ0) is 11.4. The van der Waals surface area contributed by atoms with Gasteiger partial charge in [0.15, 0.2) is 23.0 Å². The minimum atomic E-state index is -0.582. The maximum absolute atomic E-state index is 11.1. The first-order chi connectivity index (χ1) is 7.10. The molecule has 0 aliphatic heterocycles. The Kier molecular flexibility index (Phi) is 4.01. The third-order valence-corrected chi connectivity index (χ3v) is 2.37. The van der Waals surface area contributed by atoms with Gasteiger partial charge in [0.05, 0.1) is 10.5 Å². The molecule has 0 bridgehead atoms. The Morgan fingerprint density at radius 2 is 2.27 bits per heavy atom. The van der Waals surface area contributed by atoms with Gasteiger partial charge in [0.25, 0.3) is 5.69 Å². The Morgan fingerprint density at radius 1 is 1.60 bits per heavy atom. The number of benzene rings is 1. The Morgan fingerprint density at radius 3 is 2.73 bits per heavy atom. The summed E-state index contributed by atoms with van der Waals surface area (Å²) >= 11 is 1.44. The van der Waals surface area contributed by atoms with Gasteiger partial charge in [-0.15, -0.1) is 0 Å². The fourth-order valence-electron chi connectivity index (χ4n) is 1.20. The van der Waals surface area contributed by atoms with Crippen LogP contribution in [-0.4, -0.2) is 10.9 Å². The highest BCUT2D eigenvalue weighted by molar-refractivity contribution is 14.1. The zero-order valence-corrected chi connectivity index (χ0v) is 10.1. The molecule has 1 aromatic carbocycles. The fraction of sp³-hybridized carbons (Fsp3) is 0.222. The Labute approximate surface area is 100 Å². The Balaban J connectivity index is 3.22. The SMILES string of the molecule is CCc1ccc(C(=O)OI)cc1[N+](=O)[O-]. The first-order valence-electron chi connectivity index (χ1n) is 4.20. The lowest BCUT2D eigenvalue weighted by Crippen LogP contribution is -2.01. The summed E-state index contributed by atoms with van der Waals surface area (Å²) in [7, 11) is 0. The van der Waals surface area contributed by atoms with Crippen LogP contribution in [0.15, 0.2) is 18.2 Å². The number of nitrogens with zero attached hydrogens (tertiary/aromatic N) is 1. The molecule has 15 heavy (non-hydrogen) atoms. The molecule has 0 saturated heterocycles. The van der Waals surface area contributed by atoms with E-state index in [0.29, 0.717) is 12.0 Å². The van der Waals surface area contributed by atoms with Crippen LogP contribution in [0.25, 0.3) is 0 Å². The number of carbonyl (C=O) groups excluding carboxylic acids is 1. The van der Waals surface area contributed by atoms with Crippen molar-refractivity contribution in [3.05, 3.63) is 39.4 Å². The van der Waals surface area contributed by atoms with Gasteiger partial charge in [-0.2, -0.15) is 0 Å². The van der Waals surface area contributed by atoms with E-state index in [0.717, 1.165) is 0 Å². The van der Waals surface area contributed by atoms with E-state index in [-0.39, 0.29) is 11.3 Å². The smallest absolute Gasteiger partial charge is 0.347 e. The second kappa shape index (κ2) is 5.06. The number of rotatable bonds is 3. The molecule has 5 nitrogen and oxygen atoms in total. The number of carbonyl (C=O) groups is 1. The van der Waals surface area contributed by atoms with E-state index in [1.54, 1.807) is 6.07 Å². The van der Waals surface area contributed by atoms with E-state index in [1.807, 2.05) is 6.92 Å². The summed E-state index contributed by atoms with van der Waals surface area (Å²) in [5, 5.41) is 10.7. The molecule has 0 fully saturated rings. The topological polar surface area (TPSA) is 69.4 Å². The highest BCUT2D eigenvalue weighted by Gasteiger charge is 2.16. The number of halogens is 1. The van der Waals surface area contributed by atoms with E-state index in [9.17, 15) is 14.9 Å². The monoisotopic (exact) mass is 321 g/mol. The van der Waals surface area contributed by atoms with Crippen molar-refractivity contribution in [3.63, 3.8) is 0 Å². The molecule has 1 aromatic rings. The first-order valence-corrected chi connectivity index (χ1v) is 5.08. The average Bonchev–Trinajstić information content (AvgIpc) is 2.27. The first kappa shape index (κ1) is 11.9. The van der Waals surface area contributed by atoms with Crippen LogP contribution >= 0.6 is 23.0 Å². The third-order valence-electron chi connectivity index (χ3n) is 1.97. The largest absolute Gasteiger partial charge is 0.391 e. The van der Waals surface area contributed by atoms with Crippen LogP contribution in [0.2, 0.25) is 0 Å². The van der Waals surface area contributed by atoms with Crippen LogP contribution in [-0.2, 0) is 9.49 Å². The number of nitro benzene ring substituents is 1. The van der Waals surface area contributed by atoms with Crippen LogP contribution in [0.5, 0.6) is 0 Å². The lowest BCUT2D eigenvalue weighted by atomic mass is 10.1. The number of hydrogen-bond donors (Lipinski definition) is 0. The van der Waals surface area contributed by atoms with E-state index < -0.39 is 10.9 Å². The van der Waals surface area contributed by atoms with Gasteiger partial charge < -0.3 is 3.07 Å². The highest BCUT2D eigenvalue weighted by atomic mass is 127. The molecule has 0 unspecified atom stereocenters. The molecule has 0 atom stereocenters. The molecule has 6 heteroatoms. The minimum absolute atomic E-state index is 0.0446. The Hall–Kier alpha value is -1.18. The lowest BCUT2D eigenvalue weighted by molar-refractivity contribution is -0.385. The van der Waals surface area contributed by atoms with Crippen molar-refractivity contribution in [1.82, 2.24) is 0 Å². The van der Waals surface area contributed by atoms with Crippen molar-refractivity contribution in [1.29, 1.82) is 0 Å². The summed E-state index contributed by atoms with van der Waals surface area (Å²) < 4.78 is 4.45. The van der Waals surface area contributed by atoms with Crippen molar-refractivity contribution in [2.75, 3.05) is 0 Å². The normalized spacial score (nSPS) is 9.73. The fourth-order valence-corrected chi connectivity index (χ4v) is 1.46. The van der Waals surface area contributed by atoms with Crippen LogP contribution in [0.1, 0.15) is 22.8 Å². The molecule has 0 amide bonds. The third kappa shape index (κ3) is 2.65. The molecular weight excluding hydrogens is 313 g/mol. The lowest BCUT2D eigenvalue weighted by Gasteiger charge is -2.01. The Bertz CT molecular complexity index is 405. The summed E-state index contributed by atoms with van der Waals surface area (Å²) in [5.41, 5.74) is 0.745. The van der Waals surface area contributed by atoms with Gasteiger partial charge in [-0.25, -0.2) is 4.79 Å². The second-order valence-electron chi connectivity index (χ2n) is 2.82.